The fourth-order valence-corrected chi connectivity index (χ4v) is 2.46. The first kappa shape index (κ1) is 16.6. The van der Waals surface area contributed by atoms with Crippen molar-refractivity contribution in [3.05, 3.63) is 71.9 Å². The lowest BCUT2D eigenvalue weighted by molar-refractivity contribution is 0.102. The van der Waals surface area contributed by atoms with Crippen LogP contribution >= 0.6 is 0 Å². The molecule has 0 saturated heterocycles. The number of nitrogens with one attached hydrogen (secondary N) is 1. The summed E-state index contributed by atoms with van der Waals surface area (Å²) in [6.07, 6.45) is 1.83. The Morgan fingerprint density at radius 1 is 1.08 bits per heavy atom. The standard InChI is InChI=1S/C19H19N3O3/c1-24-15-8-9-16(17(12-15)25-2)19(23)20-18-10-11-22(21-18)13-14-6-4-3-5-7-14/h3-12H,13H2,1-2H3,(H,20,21,23). The molecule has 3 aromatic rings. The third kappa shape index (κ3) is 3.98. The molecule has 0 aliphatic rings. The topological polar surface area (TPSA) is 65.4 Å². The zero-order chi connectivity index (χ0) is 17.6. The lowest BCUT2D eigenvalue weighted by atomic mass is 10.1. The first-order valence-electron chi connectivity index (χ1n) is 7.80. The molecule has 0 atom stereocenters. The van der Waals surface area contributed by atoms with E-state index in [1.807, 2.05) is 36.5 Å². The average molecular weight is 337 g/mol. The van der Waals surface area contributed by atoms with Gasteiger partial charge in [-0.1, -0.05) is 30.3 Å². The Balaban J connectivity index is 1.71. The minimum atomic E-state index is -0.288. The van der Waals surface area contributed by atoms with Gasteiger partial charge in [-0.3, -0.25) is 9.48 Å². The van der Waals surface area contributed by atoms with E-state index in [1.165, 1.54) is 7.11 Å². The maximum Gasteiger partial charge on any atom is 0.260 e. The van der Waals surface area contributed by atoms with E-state index < -0.39 is 0 Å². The number of ether oxygens (including phenoxy) is 2. The van der Waals surface area contributed by atoms with Crippen molar-refractivity contribution in [1.82, 2.24) is 9.78 Å². The third-order valence-corrected chi connectivity index (χ3v) is 3.72. The number of rotatable bonds is 6. The largest absolute Gasteiger partial charge is 0.497 e. The molecule has 0 saturated carbocycles. The zero-order valence-corrected chi connectivity index (χ0v) is 14.1. The molecule has 25 heavy (non-hydrogen) atoms. The molecule has 0 unspecified atom stereocenters. The number of amides is 1. The van der Waals surface area contributed by atoms with Gasteiger partial charge >= 0.3 is 0 Å². The summed E-state index contributed by atoms with van der Waals surface area (Å²) in [4.78, 5) is 12.5. The van der Waals surface area contributed by atoms with Crippen LogP contribution in [0.2, 0.25) is 0 Å². The Morgan fingerprint density at radius 3 is 2.60 bits per heavy atom. The van der Waals surface area contributed by atoms with Crippen molar-refractivity contribution < 1.29 is 14.3 Å². The van der Waals surface area contributed by atoms with E-state index in [-0.39, 0.29) is 5.91 Å². The third-order valence-electron chi connectivity index (χ3n) is 3.72. The summed E-state index contributed by atoms with van der Waals surface area (Å²) in [6, 6.07) is 16.8. The molecule has 6 nitrogen and oxygen atoms in total. The number of aromatic nitrogens is 2. The zero-order valence-electron chi connectivity index (χ0n) is 14.1. The van der Waals surface area contributed by atoms with Gasteiger partial charge in [-0.15, -0.1) is 0 Å². The highest BCUT2D eigenvalue weighted by molar-refractivity contribution is 6.05. The molecule has 0 aliphatic carbocycles. The van der Waals surface area contributed by atoms with Crippen LogP contribution in [0, 0.1) is 0 Å². The Labute approximate surface area is 146 Å². The van der Waals surface area contributed by atoms with Gasteiger partial charge in [0.25, 0.3) is 5.91 Å². The maximum absolute atomic E-state index is 12.5. The number of anilines is 1. The molecular weight excluding hydrogens is 318 g/mol. The summed E-state index contributed by atoms with van der Waals surface area (Å²) < 4.78 is 12.2. The van der Waals surface area contributed by atoms with E-state index in [1.54, 1.807) is 36.1 Å². The second-order valence-corrected chi connectivity index (χ2v) is 5.40. The highest BCUT2D eigenvalue weighted by Gasteiger charge is 2.14. The lowest BCUT2D eigenvalue weighted by Gasteiger charge is -2.09. The minimum Gasteiger partial charge on any atom is -0.497 e. The van der Waals surface area contributed by atoms with Gasteiger partial charge in [0.05, 0.1) is 26.3 Å². The second-order valence-electron chi connectivity index (χ2n) is 5.40. The lowest BCUT2D eigenvalue weighted by Crippen LogP contribution is -2.14. The quantitative estimate of drug-likeness (QED) is 0.750. The van der Waals surface area contributed by atoms with Crippen LogP contribution in [0.4, 0.5) is 5.82 Å². The van der Waals surface area contributed by atoms with Crippen molar-refractivity contribution in [2.24, 2.45) is 0 Å². The summed E-state index contributed by atoms with van der Waals surface area (Å²) in [5, 5.41) is 7.16. The van der Waals surface area contributed by atoms with Gasteiger partial charge in [-0.25, -0.2) is 0 Å². The molecule has 6 heteroatoms. The van der Waals surface area contributed by atoms with Crippen LogP contribution < -0.4 is 14.8 Å². The molecular formula is C19H19N3O3. The molecule has 1 N–H and O–H groups in total. The molecule has 3 rings (SSSR count). The van der Waals surface area contributed by atoms with Gasteiger partial charge < -0.3 is 14.8 Å². The molecule has 1 amide bonds. The summed E-state index contributed by atoms with van der Waals surface area (Å²) in [7, 11) is 3.08. The Bertz CT molecular complexity index is 859. The molecule has 128 valence electrons. The predicted molar refractivity (Wildman–Crippen MR) is 95.3 cm³/mol. The SMILES string of the molecule is COc1ccc(C(=O)Nc2ccn(Cc3ccccc3)n2)c(OC)c1. The van der Waals surface area contributed by atoms with Crippen molar-refractivity contribution in [3.63, 3.8) is 0 Å². The maximum atomic E-state index is 12.5. The summed E-state index contributed by atoms with van der Waals surface area (Å²) >= 11 is 0. The van der Waals surface area contributed by atoms with Crippen molar-refractivity contribution in [2.75, 3.05) is 19.5 Å². The van der Waals surface area contributed by atoms with Crippen molar-refractivity contribution in [3.8, 4) is 11.5 Å². The second kappa shape index (κ2) is 7.53. The summed E-state index contributed by atoms with van der Waals surface area (Å²) in [5.74, 6) is 1.27. The van der Waals surface area contributed by atoms with Gasteiger partial charge in [0.1, 0.15) is 11.5 Å². The highest BCUT2D eigenvalue weighted by atomic mass is 16.5. The van der Waals surface area contributed by atoms with Crippen molar-refractivity contribution in [1.29, 1.82) is 0 Å². The van der Waals surface area contributed by atoms with Crippen LogP contribution in [0.1, 0.15) is 15.9 Å². The van der Waals surface area contributed by atoms with Gasteiger partial charge in [0.15, 0.2) is 5.82 Å². The van der Waals surface area contributed by atoms with E-state index in [2.05, 4.69) is 10.4 Å². The summed E-state index contributed by atoms with van der Waals surface area (Å²) in [5.41, 5.74) is 1.56. The first-order valence-corrected chi connectivity index (χ1v) is 7.80. The van der Waals surface area contributed by atoms with E-state index >= 15 is 0 Å². The molecule has 2 aromatic carbocycles. The monoisotopic (exact) mass is 337 g/mol. The fourth-order valence-electron chi connectivity index (χ4n) is 2.46. The van der Waals surface area contributed by atoms with Gasteiger partial charge in [0.2, 0.25) is 0 Å². The predicted octanol–water partition coefficient (Wildman–Crippen LogP) is 3.20. The van der Waals surface area contributed by atoms with Crippen LogP contribution in [0.5, 0.6) is 11.5 Å². The summed E-state index contributed by atoms with van der Waals surface area (Å²) in [6.45, 7) is 0.641. The highest BCUT2D eigenvalue weighted by Crippen LogP contribution is 2.25. The normalized spacial score (nSPS) is 10.3. The van der Waals surface area contributed by atoms with E-state index in [0.717, 1.165) is 5.56 Å². The van der Waals surface area contributed by atoms with Crippen LogP contribution in [0.3, 0.4) is 0 Å². The van der Waals surface area contributed by atoms with Crippen molar-refractivity contribution in [2.45, 2.75) is 6.54 Å². The van der Waals surface area contributed by atoms with E-state index in [9.17, 15) is 4.79 Å². The van der Waals surface area contributed by atoms with Crippen molar-refractivity contribution >= 4 is 11.7 Å². The molecule has 0 spiro atoms. The Kier molecular flexibility index (Phi) is 4.99. The van der Waals surface area contributed by atoms with E-state index in [4.69, 9.17) is 9.47 Å². The molecule has 0 bridgehead atoms. The van der Waals surface area contributed by atoms with Gasteiger partial charge in [-0.2, -0.15) is 5.10 Å². The molecule has 1 aromatic heterocycles. The molecule has 0 fully saturated rings. The van der Waals surface area contributed by atoms with Gasteiger partial charge in [-0.05, 0) is 17.7 Å². The minimum absolute atomic E-state index is 0.288. The molecule has 1 heterocycles. The number of hydrogen-bond acceptors (Lipinski definition) is 4. The van der Waals surface area contributed by atoms with Gasteiger partial charge in [0, 0.05) is 18.3 Å². The Hall–Kier alpha value is -3.28. The number of carbonyl (C=O) groups is 1. The number of methoxy groups -OCH3 is 2. The number of carbonyl (C=O) groups excluding carboxylic acids is 1. The number of hydrogen-bond donors (Lipinski definition) is 1. The number of nitrogens with zero attached hydrogens (tertiary/aromatic N) is 2. The van der Waals surface area contributed by atoms with E-state index in [0.29, 0.717) is 29.4 Å². The Morgan fingerprint density at radius 2 is 1.88 bits per heavy atom. The molecule has 0 radical (unpaired) electrons. The van der Waals surface area contributed by atoms with Crippen LogP contribution in [-0.4, -0.2) is 29.9 Å². The number of benzene rings is 2. The fraction of sp³-hybridized carbons (Fsp3) is 0.158. The smallest absolute Gasteiger partial charge is 0.260 e. The van der Waals surface area contributed by atoms with Crippen LogP contribution in [-0.2, 0) is 6.54 Å². The average Bonchev–Trinajstić information content (AvgIpc) is 3.08. The van der Waals surface area contributed by atoms with Crippen LogP contribution in [0.25, 0.3) is 0 Å². The van der Waals surface area contributed by atoms with Crippen LogP contribution in [0.15, 0.2) is 60.8 Å². The molecule has 0 aliphatic heterocycles. The first-order chi connectivity index (χ1) is 12.2.